The molecule has 0 bridgehead atoms. The van der Waals surface area contributed by atoms with Crippen molar-refractivity contribution < 1.29 is 39.6 Å². The van der Waals surface area contributed by atoms with Crippen LogP contribution in [0.5, 0.6) is 0 Å². The zero-order valence-corrected chi connectivity index (χ0v) is 9.62. The van der Waals surface area contributed by atoms with E-state index in [1.165, 1.54) is 6.08 Å². The van der Waals surface area contributed by atoms with Gasteiger partial charge in [0.05, 0.1) is 0 Å². The average Bonchev–Trinajstić information content (AvgIpc) is 2.15. The van der Waals surface area contributed by atoms with E-state index in [0.717, 1.165) is 6.42 Å². The smallest absolute Gasteiger partial charge is 0.342 e. The van der Waals surface area contributed by atoms with Crippen LogP contribution >= 0.6 is 0 Å². The average molecular weight is 292 g/mol. The second-order valence-corrected chi connectivity index (χ2v) is 2.98. The summed E-state index contributed by atoms with van der Waals surface area (Å²) in [7, 11) is 0. The zero-order valence-electron chi connectivity index (χ0n) is 9.62. The van der Waals surface area contributed by atoms with Gasteiger partial charge in [0, 0.05) is 0 Å². The summed E-state index contributed by atoms with van der Waals surface area (Å²) in [6.07, 6.45) is 1.63. The van der Waals surface area contributed by atoms with Crippen LogP contribution < -0.4 is 0 Å². The number of allylic oxidation sites excluding steroid dienone is 1. The molecule has 0 amide bonds. The first-order valence-corrected chi connectivity index (χ1v) is 4.82. The number of rotatable bonds is 6. The molecule has 0 fully saturated rings. The number of carboxylic acid groups (broad SMARTS) is 4. The van der Waals surface area contributed by atoms with E-state index in [1.54, 1.807) is 0 Å². The van der Waals surface area contributed by atoms with E-state index in [2.05, 4.69) is 0 Å². The van der Waals surface area contributed by atoms with Gasteiger partial charge in [-0.3, -0.25) is 9.59 Å². The van der Waals surface area contributed by atoms with Crippen molar-refractivity contribution in [2.75, 3.05) is 0 Å². The normalized spacial score (nSPS) is 8.05. The number of unbranched alkanes of at least 4 members (excludes halogenated alkanes) is 1. The van der Waals surface area contributed by atoms with Gasteiger partial charge in [-0.15, -0.1) is 0 Å². The lowest BCUT2D eigenvalue weighted by Gasteiger charge is -1.93. The SMILES string of the molecule is CCCC=C(C(=O)O)C(=O)O.O=C(O)CC(=O)O.[AlH3]. The third-order valence-corrected chi connectivity index (χ3v) is 1.40. The summed E-state index contributed by atoms with van der Waals surface area (Å²) < 4.78 is 0. The predicted octanol–water partition coefficient (Wildman–Crippen LogP) is -0.756. The Balaban J connectivity index is -0.000000280. The maximum Gasteiger partial charge on any atom is 0.342 e. The third-order valence-electron chi connectivity index (χ3n) is 1.40. The summed E-state index contributed by atoms with van der Waals surface area (Å²) in [6, 6.07) is 0. The van der Waals surface area contributed by atoms with Crippen molar-refractivity contribution in [1.82, 2.24) is 0 Å². The highest BCUT2D eigenvalue weighted by molar-refractivity contribution is 6.12. The number of hydrogen-bond donors (Lipinski definition) is 4. The quantitative estimate of drug-likeness (QED) is 0.216. The lowest BCUT2D eigenvalue weighted by Crippen LogP contribution is -2.10. The Morgan fingerprint density at radius 2 is 1.26 bits per heavy atom. The lowest BCUT2D eigenvalue weighted by molar-refractivity contribution is -0.147. The summed E-state index contributed by atoms with van der Waals surface area (Å²) in [5.41, 5.74) is -0.549. The highest BCUT2D eigenvalue weighted by Crippen LogP contribution is 1.99. The minimum absolute atomic E-state index is 0. The molecule has 0 aromatic carbocycles. The van der Waals surface area contributed by atoms with Gasteiger partial charge in [0.1, 0.15) is 12.0 Å². The molecule has 0 atom stereocenters. The highest BCUT2D eigenvalue weighted by atomic mass is 27.0. The maximum atomic E-state index is 10.2. The Kier molecular flexibility index (Phi) is 14.8. The molecule has 19 heavy (non-hydrogen) atoms. The first kappa shape index (κ1) is 22.3. The molecule has 4 N–H and O–H groups in total. The van der Waals surface area contributed by atoms with Crippen LogP contribution in [-0.4, -0.2) is 61.7 Å². The molecule has 0 aliphatic rings. The maximum absolute atomic E-state index is 10.2. The van der Waals surface area contributed by atoms with E-state index in [4.69, 9.17) is 20.4 Å². The van der Waals surface area contributed by atoms with Crippen LogP contribution in [0.2, 0.25) is 0 Å². The van der Waals surface area contributed by atoms with E-state index in [9.17, 15) is 19.2 Å². The van der Waals surface area contributed by atoms with E-state index < -0.39 is 35.9 Å². The van der Waals surface area contributed by atoms with Crippen molar-refractivity contribution >= 4 is 41.2 Å². The van der Waals surface area contributed by atoms with Gasteiger partial charge in [0.25, 0.3) is 0 Å². The van der Waals surface area contributed by atoms with Crippen LogP contribution in [0.25, 0.3) is 0 Å². The number of hydrogen-bond acceptors (Lipinski definition) is 4. The molecule has 0 aromatic rings. The summed E-state index contributed by atoms with van der Waals surface area (Å²) in [6.45, 7) is 1.85. The summed E-state index contributed by atoms with van der Waals surface area (Å²) in [5, 5.41) is 32.0. The molecule has 0 aliphatic carbocycles. The fourth-order valence-electron chi connectivity index (χ4n) is 0.684. The lowest BCUT2D eigenvalue weighted by atomic mass is 10.2. The second kappa shape index (κ2) is 12.6. The van der Waals surface area contributed by atoms with Gasteiger partial charge >= 0.3 is 23.9 Å². The van der Waals surface area contributed by atoms with E-state index in [-0.39, 0.29) is 17.4 Å². The first-order valence-electron chi connectivity index (χ1n) is 4.82. The first-order chi connectivity index (χ1) is 8.22. The van der Waals surface area contributed by atoms with Crippen molar-refractivity contribution in [2.45, 2.75) is 26.2 Å². The largest absolute Gasteiger partial charge is 0.481 e. The molecule has 0 radical (unpaired) electrons. The van der Waals surface area contributed by atoms with Crippen molar-refractivity contribution in [3.8, 4) is 0 Å². The van der Waals surface area contributed by atoms with Gasteiger partial charge in [-0.1, -0.05) is 19.4 Å². The van der Waals surface area contributed by atoms with Crippen LogP contribution in [0.3, 0.4) is 0 Å². The molecule has 0 rings (SSSR count). The Labute approximate surface area is 119 Å². The molecule has 0 aromatic heterocycles. The highest BCUT2D eigenvalue weighted by Gasteiger charge is 2.14. The zero-order chi connectivity index (χ0) is 14.7. The second-order valence-electron chi connectivity index (χ2n) is 2.98. The van der Waals surface area contributed by atoms with E-state index in [0.29, 0.717) is 6.42 Å². The number of aliphatic carboxylic acids is 4. The van der Waals surface area contributed by atoms with Gasteiger partial charge in [-0.25, -0.2) is 9.59 Å². The molecular formula is C10H17AlO8. The minimum atomic E-state index is -1.38. The fraction of sp³-hybridized carbons (Fsp3) is 0.400. The molecule has 8 nitrogen and oxygen atoms in total. The molecule has 0 saturated heterocycles. The van der Waals surface area contributed by atoms with E-state index >= 15 is 0 Å². The fourth-order valence-corrected chi connectivity index (χ4v) is 0.684. The van der Waals surface area contributed by atoms with Crippen molar-refractivity contribution in [3.63, 3.8) is 0 Å². The Bertz CT molecular complexity index is 333. The van der Waals surface area contributed by atoms with Crippen LogP contribution in [-0.2, 0) is 19.2 Å². The van der Waals surface area contributed by atoms with Gasteiger partial charge in [-0.05, 0) is 6.42 Å². The number of carboxylic acids is 4. The standard InChI is InChI=1S/C7H10O4.C3H4O4.Al.3H/c1-2-3-4-5(6(8)9)7(10)11;4-2(5)1-3(6)7;;;;/h4H,2-3H2,1H3,(H,8,9)(H,10,11);1H2,(H,4,5)(H,6,7);;;;. The molecule has 0 aliphatic heterocycles. The van der Waals surface area contributed by atoms with Gasteiger partial charge in [0.2, 0.25) is 0 Å². The molecule has 0 spiro atoms. The van der Waals surface area contributed by atoms with Crippen LogP contribution in [0, 0.1) is 0 Å². The summed E-state index contributed by atoms with van der Waals surface area (Å²) >= 11 is 0. The molecule has 0 unspecified atom stereocenters. The van der Waals surface area contributed by atoms with Crippen LogP contribution in [0.15, 0.2) is 11.6 Å². The Morgan fingerprint density at radius 3 is 1.42 bits per heavy atom. The molecule has 9 heteroatoms. The Morgan fingerprint density at radius 1 is 0.895 bits per heavy atom. The number of carbonyl (C=O) groups is 4. The van der Waals surface area contributed by atoms with Crippen molar-refractivity contribution in [2.24, 2.45) is 0 Å². The monoisotopic (exact) mass is 292 g/mol. The molecule has 0 heterocycles. The summed E-state index contributed by atoms with van der Waals surface area (Å²) in [4.78, 5) is 39.3. The van der Waals surface area contributed by atoms with Gasteiger partial charge < -0.3 is 20.4 Å². The topological polar surface area (TPSA) is 149 Å². The molecule has 0 saturated carbocycles. The van der Waals surface area contributed by atoms with Crippen molar-refractivity contribution in [3.05, 3.63) is 11.6 Å². The third kappa shape index (κ3) is 16.2. The Hall–Kier alpha value is -1.85. The minimum Gasteiger partial charge on any atom is -0.481 e. The van der Waals surface area contributed by atoms with Gasteiger partial charge in [0.15, 0.2) is 17.4 Å². The summed E-state index contributed by atoms with van der Waals surface area (Å²) in [5.74, 6) is -5.39. The molecular weight excluding hydrogens is 275 g/mol. The van der Waals surface area contributed by atoms with Crippen LogP contribution in [0.1, 0.15) is 26.2 Å². The molecule has 108 valence electrons. The van der Waals surface area contributed by atoms with Crippen LogP contribution in [0.4, 0.5) is 0 Å². The van der Waals surface area contributed by atoms with Crippen molar-refractivity contribution in [1.29, 1.82) is 0 Å². The van der Waals surface area contributed by atoms with Gasteiger partial charge in [-0.2, -0.15) is 0 Å². The predicted molar refractivity (Wildman–Crippen MR) is 68.1 cm³/mol. The van der Waals surface area contributed by atoms with E-state index in [1.807, 2.05) is 6.92 Å².